The third-order valence-electron chi connectivity index (χ3n) is 8.07. The highest BCUT2D eigenvalue weighted by Crippen LogP contribution is 2.52. The smallest absolute Gasteiger partial charge is 0.244 e. The van der Waals surface area contributed by atoms with Crippen molar-refractivity contribution in [3.63, 3.8) is 0 Å². The second-order valence-corrected chi connectivity index (χ2v) is 9.60. The Kier molecular flexibility index (Phi) is 7.80. The van der Waals surface area contributed by atoms with E-state index in [1.54, 1.807) is 0 Å². The summed E-state index contributed by atoms with van der Waals surface area (Å²) in [5, 5.41) is 0. The van der Waals surface area contributed by atoms with Gasteiger partial charge in [0.25, 0.3) is 0 Å². The van der Waals surface area contributed by atoms with E-state index in [4.69, 9.17) is 0 Å². The average Bonchev–Trinajstić information content (AvgIpc) is 3.04. The maximum absolute atomic E-state index is 3.01. The van der Waals surface area contributed by atoms with Crippen molar-refractivity contribution < 1.29 is 8.97 Å². The molecule has 0 radical (unpaired) electrons. The van der Waals surface area contributed by atoms with Crippen LogP contribution in [0.2, 0.25) is 0 Å². The third kappa shape index (κ3) is 3.29. The summed E-state index contributed by atoms with van der Waals surface area (Å²) in [6.07, 6.45) is 7.82. The molecule has 2 saturated heterocycles. The number of hydrogen-bond acceptors (Lipinski definition) is 2. The first-order chi connectivity index (χ1) is 12.9. The van der Waals surface area contributed by atoms with Gasteiger partial charge in [0.05, 0.1) is 39.8 Å². The maximum atomic E-state index is 3.01. The molecule has 0 amide bonds. The van der Waals surface area contributed by atoms with Crippen LogP contribution in [-0.2, 0) is 0 Å². The molecule has 0 N–H and O–H groups in total. The van der Waals surface area contributed by atoms with E-state index in [0.29, 0.717) is 0 Å². The lowest BCUT2D eigenvalue weighted by molar-refractivity contribution is -1.17. The summed E-state index contributed by atoms with van der Waals surface area (Å²) in [4.78, 5) is 5.96. The van der Waals surface area contributed by atoms with E-state index >= 15 is 0 Å². The van der Waals surface area contributed by atoms with Crippen LogP contribution in [0.3, 0.4) is 0 Å². The molecule has 0 saturated carbocycles. The fourth-order valence-electron chi connectivity index (χ4n) is 6.92. The highest BCUT2D eigenvalue weighted by atomic mass is 15.9. The lowest BCUT2D eigenvalue weighted by Crippen LogP contribution is -2.82. The monoisotopic (exact) mass is 382 g/mol. The highest BCUT2D eigenvalue weighted by molar-refractivity contribution is 4.94. The predicted molar refractivity (Wildman–Crippen MR) is 117 cm³/mol. The van der Waals surface area contributed by atoms with Crippen molar-refractivity contribution in [2.24, 2.45) is 0 Å². The van der Waals surface area contributed by atoms with Crippen LogP contribution in [0, 0.1) is 0 Å². The molecule has 1 spiro atoms. The fraction of sp³-hybridized carbons (Fsp3) is 1.00. The predicted octanol–water partition coefficient (Wildman–Crippen LogP) is 4.32. The summed E-state index contributed by atoms with van der Waals surface area (Å²) < 4.78 is 2.41. The van der Waals surface area contributed by atoms with E-state index in [1.807, 2.05) is 0 Å². The Hall–Kier alpha value is -0.160. The average molecular weight is 383 g/mol. The van der Waals surface area contributed by atoms with Gasteiger partial charge in [-0.1, -0.05) is 40.5 Å². The van der Waals surface area contributed by atoms with Crippen molar-refractivity contribution in [2.45, 2.75) is 98.1 Å². The van der Waals surface area contributed by atoms with Crippen molar-refractivity contribution in [3.05, 3.63) is 0 Å². The number of hydrogen-bond donors (Lipinski definition) is 0. The van der Waals surface area contributed by atoms with Crippen molar-refractivity contribution in [1.82, 2.24) is 9.80 Å². The van der Waals surface area contributed by atoms with E-state index < -0.39 is 0 Å². The lowest BCUT2D eigenvalue weighted by Gasteiger charge is -2.57. The van der Waals surface area contributed by atoms with Gasteiger partial charge in [-0.05, 0) is 33.1 Å². The second-order valence-electron chi connectivity index (χ2n) is 9.60. The van der Waals surface area contributed by atoms with Gasteiger partial charge in [-0.3, -0.25) is 0 Å². The molecule has 4 nitrogen and oxygen atoms in total. The van der Waals surface area contributed by atoms with E-state index in [9.17, 15) is 0 Å². The van der Waals surface area contributed by atoms with Crippen molar-refractivity contribution in [3.8, 4) is 0 Å². The van der Waals surface area contributed by atoms with Gasteiger partial charge in [-0.15, -0.1) is 0 Å². The number of nitrogens with zero attached hydrogens (tertiary/aromatic N) is 4. The molecule has 0 bridgehead atoms. The number of quaternary nitrogens is 2. The zero-order valence-electron chi connectivity index (χ0n) is 19.9. The molecule has 2 aliphatic rings. The van der Waals surface area contributed by atoms with Gasteiger partial charge >= 0.3 is 5.91 Å². The van der Waals surface area contributed by atoms with Gasteiger partial charge in [0.1, 0.15) is 12.6 Å². The quantitative estimate of drug-likeness (QED) is 0.519. The molecule has 3 unspecified atom stereocenters. The molecule has 5 atom stereocenters. The zero-order valence-corrected chi connectivity index (χ0v) is 19.9. The van der Waals surface area contributed by atoms with Gasteiger partial charge in [0.2, 0.25) is 0 Å². The Bertz CT molecular complexity index is 469. The number of likely N-dealkylation sites (N-methyl/N-ethyl adjacent to an activating group) is 2. The molecule has 2 rings (SSSR count). The summed E-state index contributed by atoms with van der Waals surface area (Å²) >= 11 is 0. The Morgan fingerprint density at radius 3 is 1.93 bits per heavy atom. The van der Waals surface area contributed by atoms with Gasteiger partial charge < -0.3 is 0 Å². The standard InChI is InChI=1S/C23H50N4/c1-9-15-21-20-26(7,13-5)23(25(21)18-12-4)24(17-11-3)19-22(16-10-2)27(23,8)14-6/h21-22H,9-20H2,1-8H3/q+2/t21?,22?,23?,26-,27-/m1/s1. The van der Waals surface area contributed by atoms with Crippen molar-refractivity contribution >= 4 is 0 Å². The van der Waals surface area contributed by atoms with E-state index in [0.717, 1.165) is 12.1 Å². The molecule has 4 heteroatoms. The summed E-state index contributed by atoms with van der Waals surface area (Å²) in [5.41, 5.74) is 0. The lowest BCUT2D eigenvalue weighted by atomic mass is 10.1. The minimum Gasteiger partial charge on any atom is -0.244 e. The van der Waals surface area contributed by atoms with Crippen molar-refractivity contribution in [1.29, 1.82) is 0 Å². The molecule has 27 heavy (non-hydrogen) atoms. The first kappa shape index (κ1) is 23.1. The van der Waals surface area contributed by atoms with Crippen molar-refractivity contribution in [2.75, 3.05) is 53.4 Å². The van der Waals surface area contributed by atoms with Gasteiger partial charge in [0.15, 0.2) is 0 Å². The second kappa shape index (κ2) is 9.11. The normalized spacial score (nSPS) is 40.4. The van der Waals surface area contributed by atoms with Crippen LogP contribution in [0.25, 0.3) is 0 Å². The minimum atomic E-state index is 0.120. The summed E-state index contributed by atoms with van der Waals surface area (Å²) in [6, 6.07) is 1.49. The topological polar surface area (TPSA) is 6.48 Å². The van der Waals surface area contributed by atoms with Gasteiger partial charge in [-0.25, -0.2) is 8.97 Å². The Morgan fingerprint density at radius 2 is 1.44 bits per heavy atom. The van der Waals surface area contributed by atoms with Crippen LogP contribution in [-0.4, -0.2) is 90.1 Å². The molecule has 2 aliphatic heterocycles. The molecule has 0 aromatic rings. The minimum absolute atomic E-state index is 0.120. The zero-order chi connectivity index (χ0) is 20.3. The molecule has 2 fully saturated rings. The Balaban J connectivity index is 2.70. The molecule has 0 aliphatic carbocycles. The third-order valence-corrected chi connectivity index (χ3v) is 8.07. The summed E-state index contributed by atoms with van der Waals surface area (Å²) in [7, 11) is 5.20. The summed E-state index contributed by atoms with van der Waals surface area (Å²) in [5.74, 6) is 0.120. The molecular weight excluding hydrogens is 332 g/mol. The van der Waals surface area contributed by atoms with Crippen LogP contribution >= 0.6 is 0 Å². The Labute approximate surface area is 170 Å². The van der Waals surface area contributed by atoms with Crippen LogP contribution < -0.4 is 0 Å². The SMILES string of the molecule is CCCC1C[N@@+](C)(CC)C2(N(CCC)CC(CCC)[N@@+]2(C)CC)N1CCC. The highest BCUT2D eigenvalue weighted by Gasteiger charge is 2.78. The largest absolute Gasteiger partial charge is 0.356 e. The molecular formula is C23H50N4+2. The first-order valence-electron chi connectivity index (χ1n) is 12.1. The van der Waals surface area contributed by atoms with Crippen LogP contribution in [0.4, 0.5) is 0 Å². The molecule has 0 aromatic heterocycles. The van der Waals surface area contributed by atoms with Crippen LogP contribution in [0.5, 0.6) is 0 Å². The molecule has 0 aromatic carbocycles. The van der Waals surface area contributed by atoms with Crippen LogP contribution in [0.1, 0.15) is 80.1 Å². The first-order valence-corrected chi connectivity index (χ1v) is 12.1. The van der Waals surface area contributed by atoms with E-state index in [-0.39, 0.29) is 5.91 Å². The number of rotatable bonds is 10. The maximum Gasteiger partial charge on any atom is 0.356 e. The molecule has 2 heterocycles. The van der Waals surface area contributed by atoms with Gasteiger partial charge in [-0.2, -0.15) is 9.80 Å². The van der Waals surface area contributed by atoms with E-state index in [1.165, 1.54) is 86.8 Å². The van der Waals surface area contributed by atoms with Crippen LogP contribution in [0.15, 0.2) is 0 Å². The molecule has 160 valence electrons. The Morgan fingerprint density at radius 1 is 0.815 bits per heavy atom. The van der Waals surface area contributed by atoms with E-state index in [2.05, 4.69) is 65.4 Å². The summed E-state index contributed by atoms with van der Waals surface area (Å²) in [6.45, 7) is 21.9. The fourth-order valence-corrected chi connectivity index (χ4v) is 6.92. The van der Waals surface area contributed by atoms with Gasteiger partial charge in [0, 0.05) is 19.5 Å².